The number of nitrogens with one attached hydrogen (secondary N) is 2. The molecule has 0 aliphatic heterocycles. The molecule has 0 atom stereocenters. The first-order chi connectivity index (χ1) is 8.63. The highest BCUT2D eigenvalue weighted by atomic mass is 127. The molecule has 0 bridgehead atoms. The lowest BCUT2D eigenvalue weighted by molar-refractivity contribution is 0.146. The van der Waals surface area contributed by atoms with Crippen molar-refractivity contribution in [2.75, 3.05) is 25.1 Å². The van der Waals surface area contributed by atoms with Gasteiger partial charge in [0.1, 0.15) is 0 Å². The monoisotopic (exact) mass is 398 g/mol. The van der Waals surface area contributed by atoms with Gasteiger partial charge in [-0.05, 0) is 66.4 Å². The summed E-state index contributed by atoms with van der Waals surface area (Å²) in [4.78, 5) is 0. The number of anilines is 1. The van der Waals surface area contributed by atoms with E-state index in [1.54, 1.807) is 0 Å². The van der Waals surface area contributed by atoms with Crippen LogP contribution in [0.25, 0.3) is 0 Å². The molecule has 0 aliphatic rings. The van der Waals surface area contributed by atoms with Gasteiger partial charge in [-0.2, -0.15) is 0 Å². The van der Waals surface area contributed by atoms with Gasteiger partial charge in [-0.15, -0.1) is 0 Å². The lowest BCUT2D eigenvalue weighted by atomic mass is 10.3. The average Bonchev–Trinajstić information content (AvgIpc) is 2.32. The Morgan fingerprint density at radius 3 is 2.94 bits per heavy atom. The number of halogens is 2. The zero-order valence-corrected chi connectivity index (χ0v) is 13.9. The van der Waals surface area contributed by atoms with Crippen LogP contribution >= 0.6 is 46.4 Å². The molecule has 1 rings (SSSR count). The minimum absolute atomic E-state index is 0.578. The van der Waals surface area contributed by atoms with Crippen molar-refractivity contribution in [1.82, 2.24) is 5.32 Å². The lowest BCUT2D eigenvalue weighted by Gasteiger charge is -2.11. The fourth-order valence-corrected chi connectivity index (χ4v) is 2.39. The number of ether oxygens (including phenoxy) is 1. The maximum atomic E-state index is 6.10. The second-order valence-corrected chi connectivity index (χ2v) is 5.62. The molecule has 6 heteroatoms. The van der Waals surface area contributed by atoms with Crippen molar-refractivity contribution in [1.29, 1.82) is 0 Å². The minimum atomic E-state index is 0.578. The largest absolute Gasteiger partial charge is 0.382 e. The molecule has 100 valence electrons. The molecule has 1 aromatic rings. The number of rotatable bonds is 6. The van der Waals surface area contributed by atoms with Gasteiger partial charge in [0.25, 0.3) is 0 Å². The second kappa shape index (κ2) is 8.90. The molecule has 0 aromatic heterocycles. The third-order valence-corrected chi connectivity index (χ3v) is 3.36. The van der Waals surface area contributed by atoms with Crippen LogP contribution < -0.4 is 10.6 Å². The topological polar surface area (TPSA) is 33.3 Å². The average molecular weight is 399 g/mol. The van der Waals surface area contributed by atoms with Gasteiger partial charge >= 0.3 is 0 Å². The van der Waals surface area contributed by atoms with Crippen LogP contribution in [0.3, 0.4) is 0 Å². The summed E-state index contributed by atoms with van der Waals surface area (Å²) in [7, 11) is 0. The summed E-state index contributed by atoms with van der Waals surface area (Å²) in [6, 6.07) is 5.78. The highest BCUT2D eigenvalue weighted by Gasteiger charge is 2.02. The Kier molecular flexibility index (Phi) is 7.88. The van der Waals surface area contributed by atoms with Gasteiger partial charge in [0, 0.05) is 23.3 Å². The first-order valence-electron chi connectivity index (χ1n) is 5.71. The molecule has 0 aliphatic carbocycles. The summed E-state index contributed by atoms with van der Waals surface area (Å²) in [6.07, 6.45) is 0.927. The molecule has 0 amide bonds. The third kappa shape index (κ3) is 6.17. The predicted octanol–water partition coefficient (Wildman–Crippen LogP) is 3.66. The zero-order valence-electron chi connectivity index (χ0n) is 10.1. The number of thiocarbonyl (C=S) groups is 1. The van der Waals surface area contributed by atoms with Crippen molar-refractivity contribution in [3.05, 3.63) is 26.8 Å². The van der Waals surface area contributed by atoms with E-state index in [4.69, 9.17) is 28.6 Å². The predicted molar refractivity (Wildman–Crippen MR) is 89.5 cm³/mol. The van der Waals surface area contributed by atoms with E-state index in [-0.39, 0.29) is 0 Å². The molecule has 0 unspecified atom stereocenters. The van der Waals surface area contributed by atoms with Crippen LogP contribution in [-0.4, -0.2) is 24.9 Å². The zero-order chi connectivity index (χ0) is 13.4. The molecule has 0 saturated carbocycles. The fraction of sp³-hybridized carbons (Fsp3) is 0.417. The number of benzene rings is 1. The van der Waals surface area contributed by atoms with Crippen LogP contribution in [-0.2, 0) is 4.74 Å². The summed E-state index contributed by atoms with van der Waals surface area (Å²) in [5.41, 5.74) is 0.819. The molecule has 18 heavy (non-hydrogen) atoms. The standard InChI is InChI=1S/C12H16ClIN2OS/c1-2-17-7-3-6-15-12(18)16-11-5-4-9(14)8-10(11)13/h4-5,8H,2-3,6-7H2,1H3,(H2,15,16,18). The Balaban J connectivity index is 2.31. The number of hydrogen-bond donors (Lipinski definition) is 2. The Morgan fingerprint density at radius 1 is 1.50 bits per heavy atom. The fourth-order valence-electron chi connectivity index (χ4n) is 1.28. The molecule has 0 radical (unpaired) electrons. The quantitative estimate of drug-likeness (QED) is 0.435. The van der Waals surface area contributed by atoms with Crippen LogP contribution in [0.4, 0.5) is 5.69 Å². The molecule has 0 heterocycles. The molecule has 0 spiro atoms. The molecular weight excluding hydrogens is 383 g/mol. The van der Waals surface area contributed by atoms with E-state index >= 15 is 0 Å². The minimum Gasteiger partial charge on any atom is -0.382 e. The van der Waals surface area contributed by atoms with Gasteiger partial charge in [0.2, 0.25) is 0 Å². The van der Waals surface area contributed by atoms with E-state index in [2.05, 4.69) is 33.2 Å². The van der Waals surface area contributed by atoms with E-state index in [1.807, 2.05) is 25.1 Å². The third-order valence-electron chi connectivity index (χ3n) is 2.13. The molecule has 2 N–H and O–H groups in total. The highest BCUT2D eigenvalue weighted by molar-refractivity contribution is 14.1. The summed E-state index contributed by atoms with van der Waals surface area (Å²) in [6.45, 7) is 4.27. The van der Waals surface area contributed by atoms with Crippen LogP contribution in [0.2, 0.25) is 5.02 Å². The van der Waals surface area contributed by atoms with Crippen molar-refractivity contribution in [3.63, 3.8) is 0 Å². The SMILES string of the molecule is CCOCCCNC(=S)Nc1ccc(I)cc1Cl. The smallest absolute Gasteiger partial charge is 0.170 e. The van der Waals surface area contributed by atoms with E-state index < -0.39 is 0 Å². The summed E-state index contributed by atoms with van der Waals surface area (Å²) in [5.74, 6) is 0. The summed E-state index contributed by atoms with van der Waals surface area (Å²) in [5, 5.41) is 7.43. The second-order valence-electron chi connectivity index (χ2n) is 3.56. The van der Waals surface area contributed by atoms with Crippen LogP contribution in [0.5, 0.6) is 0 Å². The maximum absolute atomic E-state index is 6.10. The van der Waals surface area contributed by atoms with Gasteiger partial charge < -0.3 is 15.4 Å². The molecule has 3 nitrogen and oxygen atoms in total. The van der Waals surface area contributed by atoms with Crippen molar-refractivity contribution in [2.24, 2.45) is 0 Å². The Labute approximate surface area is 132 Å². The van der Waals surface area contributed by atoms with Gasteiger partial charge in [-0.25, -0.2) is 0 Å². The Morgan fingerprint density at radius 2 is 2.28 bits per heavy atom. The Hall–Kier alpha value is -0.110. The summed E-state index contributed by atoms with van der Waals surface area (Å²) < 4.78 is 6.34. The van der Waals surface area contributed by atoms with E-state index in [0.717, 1.165) is 35.4 Å². The van der Waals surface area contributed by atoms with Crippen LogP contribution in [0.15, 0.2) is 18.2 Å². The van der Waals surface area contributed by atoms with Crippen LogP contribution in [0, 0.1) is 3.57 Å². The van der Waals surface area contributed by atoms with E-state index in [9.17, 15) is 0 Å². The highest BCUT2D eigenvalue weighted by Crippen LogP contribution is 2.23. The normalized spacial score (nSPS) is 10.2. The molecular formula is C12H16ClIN2OS. The van der Waals surface area contributed by atoms with Gasteiger partial charge in [0.05, 0.1) is 10.7 Å². The van der Waals surface area contributed by atoms with Crippen LogP contribution in [0.1, 0.15) is 13.3 Å². The van der Waals surface area contributed by atoms with Crippen molar-refractivity contribution in [2.45, 2.75) is 13.3 Å². The lowest BCUT2D eigenvalue weighted by Crippen LogP contribution is -2.29. The molecule has 1 aromatic carbocycles. The van der Waals surface area contributed by atoms with E-state index in [0.29, 0.717) is 10.1 Å². The van der Waals surface area contributed by atoms with Gasteiger partial charge in [-0.1, -0.05) is 11.6 Å². The molecule has 0 fully saturated rings. The number of hydrogen-bond acceptors (Lipinski definition) is 2. The Bertz CT molecular complexity index is 404. The maximum Gasteiger partial charge on any atom is 0.170 e. The van der Waals surface area contributed by atoms with Crippen molar-refractivity contribution in [3.8, 4) is 0 Å². The first-order valence-corrected chi connectivity index (χ1v) is 7.57. The van der Waals surface area contributed by atoms with Gasteiger partial charge in [0.15, 0.2) is 5.11 Å². The van der Waals surface area contributed by atoms with Crippen molar-refractivity contribution < 1.29 is 4.74 Å². The summed E-state index contributed by atoms with van der Waals surface area (Å²) >= 11 is 13.5. The van der Waals surface area contributed by atoms with Gasteiger partial charge in [-0.3, -0.25) is 0 Å². The van der Waals surface area contributed by atoms with Crippen molar-refractivity contribution >= 4 is 57.2 Å². The molecule has 0 saturated heterocycles. The van der Waals surface area contributed by atoms with E-state index in [1.165, 1.54) is 0 Å². The first kappa shape index (κ1) is 15.9.